The fraction of sp³-hybridized carbons (Fsp3) is 0.375. The summed E-state index contributed by atoms with van der Waals surface area (Å²) >= 11 is 0. The summed E-state index contributed by atoms with van der Waals surface area (Å²) in [5.41, 5.74) is 0. The number of benzene rings is 2. The zero-order valence-corrected chi connectivity index (χ0v) is 13.2. The van der Waals surface area contributed by atoms with Crippen LogP contribution in [0.15, 0.2) is 41.3 Å². The Balaban J connectivity index is 2.28. The van der Waals surface area contributed by atoms with Crippen molar-refractivity contribution in [2.24, 2.45) is 0 Å². The van der Waals surface area contributed by atoms with Crippen molar-refractivity contribution in [1.29, 1.82) is 0 Å². The molecule has 0 aliphatic carbocycles. The van der Waals surface area contributed by atoms with Gasteiger partial charge in [-0.05, 0) is 48.4 Å². The second-order valence-electron chi connectivity index (χ2n) is 4.86. The second-order valence-corrected chi connectivity index (χ2v) is 6.62. The molecular formula is C16H21NO3S. The smallest absolute Gasteiger partial charge is 0.240 e. The highest BCUT2D eigenvalue weighted by molar-refractivity contribution is 7.89. The highest BCUT2D eigenvalue weighted by atomic mass is 32.2. The quantitative estimate of drug-likeness (QED) is 0.798. The molecule has 0 bridgehead atoms. The molecule has 0 amide bonds. The number of fused-ring (bicyclic) bond motifs is 1. The highest BCUT2D eigenvalue weighted by Crippen LogP contribution is 2.23. The summed E-state index contributed by atoms with van der Waals surface area (Å²) in [5, 5.41) is 1.85. The van der Waals surface area contributed by atoms with Crippen LogP contribution in [-0.4, -0.2) is 21.6 Å². The summed E-state index contributed by atoms with van der Waals surface area (Å²) in [7, 11) is -3.43. The first-order chi connectivity index (χ1) is 10.1. The third-order valence-corrected chi connectivity index (χ3v) is 4.69. The van der Waals surface area contributed by atoms with Crippen LogP contribution in [0.2, 0.25) is 0 Å². The van der Waals surface area contributed by atoms with Crippen LogP contribution in [0.4, 0.5) is 0 Å². The Hall–Kier alpha value is -1.59. The standard InChI is InChI=1S/C16H21NO3S/c1-3-5-10-17-21(18,19)16-9-7-13-11-15(20-4-2)8-6-14(13)12-16/h6-9,11-12,17H,3-5,10H2,1-2H3. The molecule has 0 saturated heterocycles. The molecular weight excluding hydrogens is 286 g/mol. The van der Waals surface area contributed by atoms with Crippen LogP contribution in [0.3, 0.4) is 0 Å². The first kappa shape index (κ1) is 15.8. The summed E-state index contributed by atoms with van der Waals surface area (Å²) in [5.74, 6) is 0.793. The number of nitrogens with one attached hydrogen (secondary N) is 1. The molecule has 0 heterocycles. The number of sulfonamides is 1. The van der Waals surface area contributed by atoms with Crippen molar-refractivity contribution in [2.45, 2.75) is 31.6 Å². The van der Waals surface area contributed by atoms with Crippen LogP contribution in [0, 0.1) is 0 Å². The van der Waals surface area contributed by atoms with Crippen molar-refractivity contribution in [3.05, 3.63) is 36.4 Å². The van der Waals surface area contributed by atoms with E-state index in [1.165, 1.54) is 0 Å². The fourth-order valence-electron chi connectivity index (χ4n) is 2.09. The topological polar surface area (TPSA) is 55.4 Å². The molecule has 0 aliphatic heterocycles. The van der Waals surface area contributed by atoms with Gasteiger partial charge in [-0.25, -0.2) is 13.1 Å². The summed E-state index contributed by atoms with van der Waals surface area (Å²) in [6, 6.07) is 10.8. The molecule has 0 fully saturated rings. The molecule has 0 spiro atoms. The third-order valence-electron chi connectivity index (χ3n) is 3.23. The Morgan fingerprint density at radius 2 is 1.76 bits per heavy atom. The Kier molecular flexibility index (Phi) is 5.20. The first-order valence-electron chi connectivity index (χ1n) is 7.23. The molecule has 2 rings (SSSR count). The molecule has 0 saturated carbocycles. The molecule has 2 aromatic rings. The lowest BCUT2D eigenvalue weighted by atomic mass is 10.1. The van der Waals surface area contributed by atoms with Crippen molar-refractivity contribution in [3.8, 4) is 5.75 Å². The van der Waals surface area contributed by atoms with Gasteiger partial charge >= 0.3 is 0 Å². The lowest BCUT2D eigenvalue weighted by Crippen LogP contribution is -2.24. The van der Waals surface area contributed by atoms with Gasteiger partial charge in [0.1, 0.15) is 5.75 Å². The Morgan fingerprint density at radius 3 is 2.48 bits per heavy atom. The van der Waals surface area contributed by atoms with E-state index in [1.54, 1.807) is 12.1 Å². The number of rotatable bonds is 7. The highest BCUT2D eigenvalue weighted by Gasteiger charge is 2.13. The van der Waals surface area contributed by atoms with Crippen molar-refractivity contribution in [1.82, 2.24) is 4.72 Å². The van der Waals surface area contributed by atoms with Gasteiger partial charge in [0.15, 0.2) is 0 Å². The molecule has 2 aromatic carbocycles. The molecule has 4 nitrogen and oxygen atoms in total. The maximum absolute atomic E-state index is 12.2. The maximum atomic E-state index is 12.2. The summed E-state index contributed by atoms with van der Waals surface area (Å²) in [6.45, 7) is 5.04. The second kappa shape index (κ2) is 6.91. The molecule has 1 N–H and O–H groups in total. The van der Waals surface area contributed by atoms with Gasteiger partial charge in [0.05, 0.1) is 11.5 Å². The van der Waals surface area contributed by atoms with Crippen LogP contribution in [-0.2, 0) is 10.0 Å². The van der Waals surface area contributed by atoms with Gasteiger partial charge in [-0.15, -0.1) is 0 Å². The minimum Gasteiger partial charge on any atom is -0.494 e. The van der Waals surface area contributed by atoms with Crippen molar-refractivity contribution >= 4 is 20.8 Å². The fourth-order valence-corrected chi connectivity index (χ4v) is 3.20. The number of hydrogen-bond donors (Lipinski definition) is 1. The molecule has 5 heteroatoms. The largest absolute Gasteiger partial charge is 0.494 e. The van der Waals surface area contributed by atoms with Crippen molar-refractivity contribution in [2.75, 3.05) is 13.2 Å². The van der Waals surface area contributed by atoms with Gasteiger partial charge in [0.2, 0.25) is 10.0 Å². The zero-order chi connectivity index (χ0) is 15.3. The van der Waals surface area contributed by atoms with Crippen LogP contribution >= 0.6 is 0 Å². The van der Waals surface area contributed by atoms with Gasteiger partial charge in [0.25, 0.3) is 0 Å². The third kappa shape index (κ3) is 3.95. The first-order valence-corrected chi connectivity index (χ1v) is 8.71. The van der Waals surface area contributed by atoms with Crippen LogP contribution in [0.25, 0.3) is 10.8 Å². The minimum atomic E-state index is -3.43. The van der Waals surface area contributed by atoms with Gasteiger partial charge < -0.3 is 4.74 Å². The van der Waals surface area contributed by atoms with Gasteiger partial charge in [0, 0.05) is 6.54 Å². The van der Waals surface area contributed by atoms with Crippen molar-refractivity contribution < 1.29 is 13.2 Å². The predicted molar refractivity (Wildman–Crippen MR) is 85.2 cm³/mol. The lowest BCUT2D eigenvalue weighted by Gasteiger charge is -2.08. The number of unbranched alkanes of at least 4 members (excludes halogenated alkanes) is 1. The van der Waals surface area contributed by atoms with Crippen LogP contribution in [0.5, 0.6) is 5.75 Å². The normalized spacial score (nSPS) is 11.7. The van der Waals surface area contributed by atoms with E-state index in [-0.39, 0.29) is 0 Å². The SMILES string of the molecule is CCCCNS(=O)(=O)c1ccc2cc(OCC)ccc2c1. The van der Waals surface area contributed by atoms with Gasteiger partial charge in [-0.1, -0.05) is 25.5 Å². The summed E-state index contributed by atoms with van der Waals surface area (Å²) in [6.07, 6.45) is 1.80. The molecule has 0 atom stereocenters. The van der Waals surface area contributed by atoms with E-state index in [2.05, 4.69) is 4.72 Å². The Bertz CT molecular complexity index is 711. The molecule has 0 aromatic heterocycles. The van der Waals surface area contributed by atoms with E-state index in [9.17, 15) is 8.42 Å². The van der Waals surface area contributed by atoms with Crippen LogP contribution in [0.1, 0.15) is 26.7 Å². The number of hydrogen-bond acceptors (Lipinski definition) is 3. The average molecular weight is 307 g/mol. The minimum absolute atomic E-state index is 0.301. The summed E-state index contributed by atoms with van der Waals surface area (Å²) < 4.78 is 32.4. The molecule has 0 radical (unpaired) electrons. The van der Waals surface area contributed by atoms with Crippen LogP contribution < -0.4 is 9.46 Å². The van der Waals surface area contributed by atoms with Crippen molar-refractivity contribution in [3.63, 3.8) is 0 Å². The Labute approximate surface area is 126 Å². The summed E-state index contributed by atoms with van der Waals surface area (Å²) in [4.78, 5) is 0.301. The lowest BCUT2D eigenvalue weighted by molar-refractivity contribution is 0.341. The molecule has 114 valence electrons. The van der Waals surface area contributed by atoms with E-state index in [0.29, 0.717) is 18.0 Å². The van der Waals surface area contributed by atoms with E-state index >= 15 is 0 Å². The average Bonchev–Trinajstić information content (AvgIpc) is 2.47. The zero-order valence-electron chi connectivity index (χ0n) is 12.4. The maximum Gasteiger partial charge on any atom is 0.240 e. The predicted octanol–water partition coefficient (Wildman–Crippen LogP) is 3.32. The van der Waals surface area contributed by atoms with E-state index in [1.807, 2.05) is 38.1 Å². The number of ether oxygens (including phenoxy) is 1. The van der Waals surface area contributed by atoms with E-state index in [4.69, 9.17) is 4.74 Å². The molecule has 0 aliphatic rings. The molecule has 21 heavy (non-hydrogen) atoms. The Morgan fingerprint density at radius 1 is 1.05 bits per heavy atom. The van der Waals surface area contributed by atoms with E-state index in [0.717, 1.165) is 29.4 Å². The van der Waals surface area contributed by atoms with Gasteiger partial charge in [-0.3, -0.25) is 0 Å². The van der Waals surface area contributed by atoms with E-state index < -0.39 is 10.0 Å². The monoisotopic (exact) mass is 307 g/mol. The van der Waals surface area contributed by atoms with Gasteiger partial charge in [-0.2, -0.15) is 0 Å². The molecule has 0 unspecified atom stereocenters.